The van der Waals surface area contributed by atoms with Crippen molar-refractivity contribution in [2.75, 3.05) is 0 Å². The van der Waals surface area contributed by atoms with Gasteiger partial charge < -0.3 is 4.79 Å². The van der Waals surface area contributed by atoms with Crippen LogP contribution in [0.1, 0.15) is 33.3 Å². The van der Waals surface area contributed by atoms with Crippen LogP contribution in [0.5, 0.6) is 0 Å². The van der Waals surface area contributed by atoms with Crippen LogP contribution < -0.4 is 0 Å². The Morgan fingerprint density at radius 1 is 1.19 bits per heavy atom. The molecule has 16 heavy (non-hydrogen) atoms. The SMILES string of the molecule is CC(C)=C=C(c1ccccc1)C(C)(C)C=O. The molecule has 0 radical (unpaired) electrons. The second-order valence-electron chi connectivity index (χ2n) is 4.71. The minimum Gasteiger partial charge on any atom is -0.302 e. The average molecular weight is 214 g/mol. The third kappa shape index (κ3) is 2.95. The van der Waals surface area contributed by atoms with Crippen LogP contribution in [0, 0.1) is 5.41 Å². The number of allylic oxidation sites excluding steroid dienone is 1. The van der Waals surface area contributed by atoms with E-state index >= 15 is 0 Å². The van der Waals surface area contributed by atoms with E-state index in [0.29, 0.717) is 0 Å². The molecular weight excluding hydrogens is 196 g/mol. The minimum atomic E-state index is -0.501. The van der Waals surface area contributed by atoms with Crippen LogP contribution in [0.25, 0.3) is 5.57 Å². The summed E-state index contributed by atoms with van der Waals surface area (Å²) in [5.41, 5.74) is 5.87. The predicted molar refractivity (Wildman–Crippen MR) is 68.1 cm³/mol. The molecule has 0 spiro atoms. The van der Waals surface area contributed by atoms with Crippen molar-refractivity contribution in [1.29, 1.82) is 0 Å². The molecule has 0 saturated carbocycles. The maximum atomic E-state index is 11.2. The van der Waals surface area contributed by atoms with Crippen molar-refractivity contribution in [2.24, 2.45) is 5.41 Å². The zero-order valence-corrected chi connectivity index (χ0v) is 10.4. The Bertz CT molecular complexity index is 428. The molecule has 0 aromatic heterocycles. The highest BCUT2D eigenvalue weighted by Crippen LogP contribution is 2.31. The maximum absolute atomic E-state index is 11.2. The predicted octanol–water partition coefficient (Wildman–Crippen LogP) is 3.86. The molecule has 0 aliphatic heterocycles. The van der Waals surface area contributed by atoms with Gasteiger partial charge in [-0.05, 0) is 38.8 Å². The third-order valence-corrected chi connectivity index (χ3v) is 2.38. The molecule has 0 bridgehead atoms. The molecule has 1 heteroatoms. The van der Waals surface area contributed by atoms with Crippen molar-refractivity contribution in [3.8, 4) is 0 Å². The highest BCUT2D eigenvalue weighted by molar-refractivity contribution is 5.84. The van der Waals surface area contributed by atoms with Gasteiger partial charge in [-0.15, -0.1) is 5.73 Å². The van der Waals surface area contributed by atoms with Crippen molar-refractivity contribution in [2.45, 2.75) is 27.7 Å². The van der Waals surface area contributed by atoms with Crippen molar-refractivity contribution in [3.63, 3.8) is 0 Å². The minimum absolute atomic E-state index is 0.501. The van der Waals surface area contributed by atoms with E-state index in [9.17, 15) is 4.79 Å². The van der Waals surface area contributed by atoms with Gasteiger partial charge in [0.25, 0.3) is 0 Å². The van der Waals surface area contributed by atoms with Gasteiger partial charge in [0.15, 0.2) is 0 Å². The second-order valence-corrected chi connectivity index (χ2v) is 4.71. The Morgan fingerprint density at radius 3 is 2.19 bits per heavy atom. The number of rotatable bonds is 3. The summed E-state index contributed by atoms with van der Waals surface area (Å²) in [7, 11) is 0. The molecule has 0 saturated heterocycles. The number of benzene rings is 1. The average Bonchev–Trinajstić information content (AvgIpc) is 2.27. The smallest absolute Gasteiger partial charge is 0.130 e. The highest BCUT2D eigenvalue weighted by Gasteiger charge is 2.23. The Morgan fingerprint density at radius 2 is 1.75 bits per heavy atom. The number of carbonyl (C=O) groups excluding carboxylic acids is 1. The van der Waals surface area contributed by atoms with Gasteiger partial charge in [0.1, 0.15) is 6.29 Å². The van der Waals surface area contributed by atoms with Crippen LogP contribution in [0.4, 0.5) is 0 Å². The molecule has 0 N–H and O–H groups in total. The lowest BCUT2D eigenvalue weighted by Gasteiger charge is -2.20. The molecule has 0 heterocycles. The van der Waals surface area contributed by atoms with Crippen LogP contribution in [-0.4, -0.2) is 6.29 Å². The maximum Gasteiger partial charge on any atom is 0.130 e. The summed E-state index contributed by atoms with van der Waals surface area (Å²) < 4.78 is 0. The summed E-state index contributed by atoms with van der Waals surface area (Å²) >= 11 is 0. The molecular formula is C15H18O. The van der Waals surface area contributed by atoms with E-state index in [1.807, 2.05) is 58.0 Å². The first-order valence-electron chi connectivity index (χ1n) is 5.44. The first-order chi connectivity index (χ1) is 7.47. The zero-order valence-electron chi connectivity index (χ0n) is 10.4. The molecule has 84 valence electrons. The van der Waals surface area contributed by atoms with Crippen LogP contribution >= 0.6 is 0 Å². The van der Waals surface area contributed by atoms with Gasteiger partial charge in [0.2, 0.25) is 0 Å². The molecule has 1 rings (SSSR count). The largest absolute Gasteiger partial charge is 0.302 e. The van der Waals surface area contributed by atoms with Gasteiger partial charge in [-0.25, -0.2) is 0 Å². The van der Waals surface area contributed by atoms with E-state index in [0.717, 1.165) is 23.0 Å². The topological polar surface area (TPSA) is 17.1 Å². The Labute approximate surface area is 97.5 Å². The van der Waals surface area contributed by atoms with Gasteiger partial charge in [0.05, 0.1) is 5.41 Å². The Hall–Kier alpha value is -1.59. The van der Waals surface area contributed by atoms with E-state index in [-0.39, 0.29) is 0 Å². The first kappa shape index (κ1) is 12.5. The van der Waals surface area contributed by atoms with Crippen molar-refractivity contribution in [3.05, 3.63) is 47.2 Å². The standard InChI is InChI=1S/C15H18O/c1-12(2)10-14(15(3,4)11-16)13-8-6-5-7-9-13/h5-9,11H,1-4H3. The molecule has 1 nitrogen and oxygen atoms in total. The van der Waals surface area contributed by atoms with E-state index in [1.165, 1.54) is 0 Å². The van der Waals surface area contributed by atoms with Crippen LogP contribution in [0.3, 0.4) is 0 Å². The first-order valence-corrected chi connectivity index (χ1v) is 5.44. The lowest BCUT2D eigenvalue weighted by atomic mass is 9.82. The molecule has 0 amide bonds. The van der Waals surface area contributed by atoms with Crippen LogP contribution in [-0.2, 0) is 4.79 Å². The summed E-state index contributed by atoms with van der Waals surface area (Å²) in [5.74, 6) is 0. The molecule has 1 aromatic carbocycles. The van der Waals surface area contributed by atoms with Gasteiger partial charge in [0, 0.05) is 5.57 Å². The number of hydrogen-bond acceptors (Lipinski definition) is 1. The van der Waals surface area contributed by atoms with Crippen LogP contribution in [0.15, 0.2) is 41.6 Å². The van der Waals surface area contributed by atoms with E-state index in [1.54, 1.807) is 0 Å². The highest BCUT2D eigenvalue weighted by atomic mass is 16.1. The van der Waals surface area contributed by atoms with Crippen molar-refractivity contribution in [1.82, 2.24) is 0 Å². The van der Waals surface area contributed by atoms with Gasteiger partial charge in [-0.1, -0.05) is 30.3 Å². The quantitative estimate of drug-likeness (QED) is 0.551. The zero-order chi connectivity index (χ0) is 12.2. The molecule has 0 aliphatic carbocycles. The monoisotopic (exact) mass is 214 g/mol. The summed E-state index contributed by atoms with van der Waals surface area (Å²) in [6.07, 6.45) is 0.977. The fourth-order valence-electron chi connectivity index (χ4n) is 1.52. The molecule has 0 unspecified atom stereocenters. The van der Waals surface area contributed by atoms with Crippen molar-refractivity contribution >= 4 is 11.9 Å². The Balaban J connectivity index is 3.41. The molecule has 1 aromatic rings. The van der Waals surface area contributed by atoms with E-state index in [4.69, 9.17) is 0 Å². The van der Waals surface area contributed by atoms with Gasteiger partial charge in [-0.3, -0.25) is 0 Å². The fourth-order valence-corrected chi connectivity index (χ4v) is 1.52. The van der Waals surface area contributed by atoms with Crippen LogP contribution in [0.2, 0.25) is 0 Å². The molecule has 0 aliphatic rings. The summed E-state index contributed by atoms with van der Waals surface area (Å²) in [6.45, 7) is 7.81. The summed E-state index contributed by atoms with van der Waals surface area (Å²) in [6, 6.07) is 9.94. The number of carbonyl (C=O) groups is 1. The number of aldehydes is 1. The van der Waals surface area contributed by atoms with E-state index in [2.05, 4.69) is 5.73 Å². The van der Waals surface area contributed by atoms with Crippen molar-refractivity contribution < 1.29 is 4.79 Å². The fraction of sp³-hybridized carbons (Fsp3) is 0.333. The second kappa shape index (κ2) is 4.96. The molecule has 0 atom stereocenters. The third-order valence-electron chi connectivity index (χ3n) is 2.38. The van der Waals surface area contributed by atoms with Gasteiger partial charge in [-0.2, -0.15) is 0 Å². The molecule has 0 fully saturated rings. The normalized spacial score (nSPS) is 10.5. The van der Waals surface area contributed by atoms with Gasteiger partial charge >= 0.3 is 0 Å². The summed E-state index contributed by atoms with van der Waals surface area (Å²) in [4.78, 5) is 11.2. The van der Waals surface area contributed by atoms with E-state index < -0.39 is 5.41 Å². The lowest BCUT2D eigenvalue weighted by Crippen LogP contribution is -2.15. The lowest BCUT2D eigenvalue weighted by molar-refractivity contribution is -0.112. The summed E-state index contributed by atoms with van der Waals surface area (Å²) in [5, 5.41) is 0. The Kier molecular flexibility index (Phi) is 3.87. The number of hydrogen-bond donors (Lipinski definition) is 0.